The van der Waals surface area contributed by atoms with Crippen LogP contribution in [0.1, 0.15) is 35.9 Å². The van der Waals surface area contributed by atoms with Crippen molar-refractivity contribution in [1.82, 2.24) is 24.6 Å². The minimum atomic E-state index is -0.281. The maximum atomic E-state index is 13.5. The summed E-state index contributed by atoms with van der Waals surface area (Å²) >= 11 is 0. The lowest BCUT2D eigenvalue weighted by molar-refractivity contribution is 0.0293. The average molecular weight is 495 g/mol. The molecule has 5 rings (SSSR count). The Morgan fingerprint density at radius 1 is 0.944 bits per heavy atom. The Morgan fingerprint density at radius 3 is 2.28 bits per heavy atom. The van der Waals surface area contributed by atoms with Crippen molar-refractivity contribution in [2.24, 2.45) is 0 Å². The van der Waals surface area contributed by atoms with Crippen LogP contribution in [0.2, 0.25) is 0 Å². The Morgan fingerprint density at radius 2 is 1.64 bits per heavy atom. The van der Waals surface area contributed by atoms with Crippen LogP contribution in [0, 0.1) is 0 Å². The van der Waals surface area contributed by atoms with Crippen LogP contribution in [0.4, 0.5) is 5.82 Å². The van der Waals surface area contributed by atoms with Crippen LogP contribution in [0.3, 0.4) is 0 Å². The zero-order valence-electron chi connectivity index (χ0n) is 20.4. The van der Waals surface area contributed by atoms with Crippen LogP contribution in [0.25, 0.3) is 17.1 Å². The second kappa shape index (κ2) is 10.1. The third kappa shape index (κ3) is 4.59. The number of hydrogen-bond donors (Lipinski definition) is 2. The van der Waals surface area contributed by atoms with E-state index >= 15 is 0 Å². The third-order valence-electron chi connectivity index (χ3n) is 6.49. The fourth-order valence-corrected chi connectivity index (χ4v) is 4.48. The molecule has 2 N–H and O–H groups in total. The molecule has 0 bridgehead atoms. The number of rotatable bonds is 5. The normalized spacial score (nSPS) is 16.5. The second-order valence-corrected chi connectivity index (χ2v) is 9.14. The molecule has 11 heteroatoms. The Balaban J connectivity index is 1.61. The number of hydrogen-bond acceptors (Lipinski definition) is 9. The van der Waals surface area contributed by atoms with Crippen LogP contribution < -0.4 is 4.90 Å². The highest BCUT2D eigenvalue weighted by molar-refractivity contribution is 5.92. The van der Waals surface area contributed by atoms with Crippen LogP contribution in [-0.4, -0.2) is 93.4 Å². The Kier molecular flexibility index (Phi) is 6.75. The number of phenols is 2. The molecular formula is C25H30N6O5. The summed E-state index contributed by atoms with van der Waals surface area (Å²) in [4.78, 5) is 21.9. The number of nitrogens with zero attached hydrogens (tertiary/aromatic N) is 6. The fraction of sp³-hybridized carbons (Fsp3) is 0.440. The van der Waals surface area contributed by atoms with Crippen molar-refractivity contribution in [2.45, 2.75) is 19.8 Å². The molecule has 2 aliphatic heterocycles. The first-order chi connectivity index (χ1) is 17.4. The number of morpholine rings is 2. The monoisotopic (exact) mass is 494 g/mol. The molecule has 0 atom stereocenters. The van der Waals surface area contributed by atoms with Crippen molar-refractivity contribution in [3.05, 3.63) is 41.9 Å². The van der Waals surface area contributed by atoms with Gasteiger partial charge in [-0.05, 0) is 29.7 Å². The topological polar surface area (TPSA) is 126 Å². The Hall–Kier alpha value is -3.70. The van der Waals surface area contributed by atoms with Gasteiger partial charge in [-0.15, -0.1) is 10.2 Å². The van der Waals surface area contributed by atoms with E-state index in [9.17, 15) is 15.0 Å². The molecule has 1 aromatic carbocycles. The van der Waals surface area contributed by atoms with E-state index in [0.717, 1.165) is 18.9 Å². The largest absolute Gasteiger partial charge is 0.508 e. The highest BCUT2D eigenvalue weighted by atomic mass is 16.5. The maximum absolute atomic E-state index is 13.5. The Labute approximate surface area is 208 Å². The third-order valence-corrected chi connectivity index (χ3v) is 6.49. The molecule has 4 heterocycles. The van der Waals surface area contributed by atoms with Crippen molar-refractivity contribution < 1.29 is 24.5 Å². The molecule has 0 spiro atoms. The SMILES string of the molecule is CC(C)c1cc(-c2nnc(C(=O)N3CCOCC3)n2-c2ccc(N3CCOCC3)nc2)c(O)cc1O. The van der Waals surface area contributed by atoms with Gasteiger partial charge in [0.05, 0.1) is 43.9 Å². The number of aromatic hydroxyl groups is 2. The molecule has 2 fully saturated rings. The van der Waals surface area contributed by atoms with E-state index in [2.05, 4.69) is 20.1 Å². The van der Waals surface area contributed by atoms with Crippen LogP contribution in [0.5, 0.6) is 11.5 Å². The molecule has 36 heavy (non-hydrogen) atoms. The zero-order valence-corrected chi connectivity index (χ0v) is 20.4. The van der Waals surface area contributed by atoms with Gasteiger partial charge >= 0.3 is 0 Å². The van der Waals surface area contributed by atoms with Gasteiger partial charge in [-0.25, -0.2) is 4.98 Å². The van der Waals surface area contributed by atoms with Crippen molar-refractivity contribution in [1.29, 1.82) is 0 Å². The number of anilines is 1. The van der Waals surface area contributed by atoms with Crippen LogP contribution in [-0.2, 0) is 9.47 Å². The summed E-state index contributed by atoms with van der Waals surface area (Å²) in [6.45, 7) is 8.52. The predicted octanol–water partition coefficient (Wildman–Crippen LogP) is 2.17. The zero-order chi connectivity index (χ0) is 25.2. The smallest absolute Gasteiger partial charge is 0.292 e. The summed E-state index contributed by atoms with van der Waals surface area (Å²) in [6, 6.07) is 6.74. The first kappa shape index (κ1) is 24.0. The van der Waals surface area contributed by atoms with Gasteiger partial charge in [0.2, 0.25) is 5.82 Å². The van der Waals surface area contributed by atoms with Gasteiger partial charge in [-0.3, -0.25) is 9.36 Å². The van der Waals surface area contributed by atoms with E-state index < -0.39 is 0 Å². The predicted molar refractivity (Wildman–Crippen MR) is 132 cm³/mol. The molecule has 0 unspecified atom stereocenters. The van der Waals surface area contributed by atoms with Crippen molar-refractivity contribution in [3.8, 4) is 28.6 Å². The highest BCUT2D eigenvalue weighted by Gasteiger charge is 2.28. The van der Waals surface area contributed by atoms with Gasteiger partial charge in [0.25, 0.3) is 5.91 Å². The number of carbonyl (C=O) groups is 1. The molecule has 0 radical (unpaired) electrons. The fourth-order valence-electron chi connectivity index (χ4n) is 4.48. The average Bonchev–Trinajstić information content (AvgIpc) is 3.34. The first-order valence-electron chi connectivity index (χ1n) is 12.1. The lowest BCUT2D eigenvalue weighted by atomic mass is 9.98. The van der Waals surface area contributed by atoms with Crippen LogP contribution >= 0.6 is 0 Å². The lowest BCUT2D eigenvalue weighted by Crippen LogP contribution is -2.41. The number of pyridine rings is 1. The van der Waals surface area contributed by atoms with E-state index in [1.165, 1.54) is 6.07 Å². The lowest BCUT2D eigenvalue weighted by Gasteiger charge is -2.28. The van der Waals surface area contributed by atoms with E-state index in [0.29, 0.717) is 56.3 Å². The van der Waals surface area contributed by atoms with Gasteiger partial charge in [0.1, 0.15) is 17.3 Å². The maximum Gasteiger partial charge on any atom is 0.292 e. The minimum absolute atomic E-state index is 0.00142. The molecular weight excluding hydrogens is 464 g/mol. The minimum Gasteiger partial charge on any atom is -0.508 e. The summed E-state index contributed by atoms with van der Waals surface area (Å²) in [6.07, 6.45) is 1.68. The number of amides is 1. The second-order valence-electron chi connectivity index (χ2n) is 9.14. The Bertz CT molecular complexity index is 1230. The highest BCUT2D eigenvalue weighted by Crippen LogP contribution is 2.38. The van der Waals surface area contributed by atoms with Crippen molar-refractivity contribution >= 4 is 11.7 Å². The van der Waals surface area contributed by atoms with Gasteiger partial charge in [0, 0.05) is 32.2 Å². The standard InChI is InChI=1S/C25H30N6O5/c1-16(2)18-13-19(21(33)14-20(18)32)23-27-28-24(25(34)30-7-11-36-12-8-30)31(23)17-3-4-22(26-15-17)29-5-9-35-10-6-29/h3-4,13-16,32-33H,5-12H2,1-2H3. The molecule has 2 aliphatic rings. The number of ether oxygens (including phenoxy) is 2. The summed E-state index contributed by atoms with van der Waals surface area (Å²) < 4.78 is 12.4. The van der Waals surface area contributed by atoms with Crippen molar-refractivity contribution in [2.75, 3.05) is 57.5 Å². The van der Waals surface area contributed by atoms with E-state index in [1.54, 1.807) is 21.7 Å². The summed E-state index contributed by atoms with van der Waals surface area (Å²) in [5.74, 6) is 0.777. The number of benzene rings is 1. The van der Waals surface area contributed by atoms with Gasteiger partial charge < -0.3 is 29.5 Å². The molecule has 2 saturated heterocycles. The number of carbonyl (C=O) groups excluding carboxylic acids is 1. The van der Waals surface area contributed by atoms with Gasteiger partial charge in [-0.1, -0.05) is 13.8 Å². The summed E-state index contributed by atoms with van der Waals surface area (Å²) in [5.41, 5.74) is 1.60. The molecule has 0 saturated carbocycles. The summed E-state index contributed by atoms with van der Waals surface area (Å²) in [5, 5.41) is 29.7. The summed E-state index contributed by atoms with van der Waals surface area (Å²) in [7, 11) is 0. The van der Waals surface area contributed by atoms with Gasteiger partial charge in [0.15, 0.2) is 5.82 Å². The number of phenolic OH excluding ortho intramolecular Hbond substituents is 2. The van der Waals surface area contributed by atoms with Crippen molar-refractivity contribution in [3.63, 3.8) is 0 Å². The molecule has 3 aromatic rings. The quantitative estimate of drug-likeness (QED) is 0.549. The molecule has 2 aromatic heterocycles. The number of aromatic nitrogens is 4. The van der Waals surface area contributed by atoms with Crippen LogP contribution in [0.15, 0.2) is 30.5 Å². The van der Waals surface area contributed by atoms with E-state index in [-0.39, 0.29) is 35.0 Å². The molecule has 1 amide bonds. The first-order valence-corrected chi connectivity index (χ1v) is 12.1. The van der Waals surface area contributed by atoms with E-state index in [1.807, 2.05) is 26.0 Å². The molecule has 0 aliphatic carbocycles. The van der Waals surface area contributed by atoms with Gasteiger partial charge in [-0.2, -0.15) is 0 Å². The van der Waals surface area contributed by atoms with E-state index in [4.69, 9.17) is 9.47 Å². The molecule has 11 nitrogen and oxygen atoms in total. The molecule has 190 valence electrons.